The lowest BCUT2D eigenvalue weighted by molar-refractivity contribution is 0.569. The molecule has 0 aliphatic carbocycles. The number of sulfonamides is 1. The molecule has 0 aromatic heterocycles. The topological polar surface area (TPSA) is 70.0 Å². The Labute approximate surface area is 124 Å². The van der Waals surface area contributed by atoms with Crippen LogP contribution in [0.1, 0.15) is 18.9 Å². The highest BCUT2D eigenvalue weighted by Gasteiger charge is 2.22. The number of nitrogens with zero attached hydrogens (tertiary/aromatic N) is 1. The van der Waals surface area contributed by atoms with Gasteiger partial charge in [0.2, 0.25) is 10.0 Å². The van der Waals surface area contributed by atoms with Gasteiger partial charge in [-0.3, -0.25) is 0 Å². The number of nitriles is 1. The predicted molar refractivity (Wildman–Crippen MR) is 76.6 cm³/mol. The number of hydrogen-bond acceptors (Lipinski definition) is 3. The maximum Gasteiger partial charge on any atom is 0.242 e. The molecule has 1 aromatic carbocycles. The summed E-state index contributed by atoms with van der Waals surface area (Å²) in [5.41, 5.74) is 0.924. The quantitative estimate of drug-likeness (QED) is 0.851. The Bertz CT molecular complexity index is 594. The van der Waals surface area contributed by atoms with Crippen molar-refractivity contribution in [2.45, 2.75) is 31.2 Å². The van der Waals surface area contributed by atoms with E-state index in [0.29, 0.717) is 15.4 Å². The lowest BCUT2D eigenvalue weighted by atomic mass is 10.2. The largest absolute Gasteiger partial charge is 0.242 e. The molecule has 0 spiro atoms. The molecule has 18 heavy (non-hydrogen) atoms. The van der Waals surface area contributed by atoms with Crippen LogP contribution in [0.3, 0.4) is 0 Å². The molecule has 1 atom stereocenters. The number of nitrogens with one attached hydrogen (secondary N) is 1. The second-order valence-corrected chi connectivity index (χ2v) is 7.13. The minimum Gasteiger partial charge on any atom is -0.207 e. The van der Waals surface area contributed by atoms with Gasteiger partial charge < -0.3 is 0 Å². The third kappa shape index (κ3) is 3.54. The minimum absolute atomic E-state index is 0.119. The maximum absolute atomic E-state index is 12.1. The zero-order valence-corrected chi connectivity index (χ0v) is 13.9. The summed E-state index contributed by atoms with van der Waals surface area (Å²) in [6.45, 7) is 3.61. The first kappa shape index (κ1) is 15.6. The molecule has 4 nitrogen and oxygen atoms in total. The standard InChI is InChI=1S/C11H12Br2N2O2S/c1-3-8(6-14)15-18(16,17)11-5-9(12)7(2)4-10(11)13/h4-5,8,15H,3H2,1-2H3. The summed E-state index contributed by atoms with van der Waals surface area (Å²) in [5.74, 6) is 0. The Balaban J connectivity index is 3.22. The maximum atomic E-state index is 12.1. The number of halogens is 2. The van der Waals surface area contributed by atoms with Gasteiger partial charge in [0.05, 0.1) is 11.0 Å². The van der Waals surface area contributed by atoms with Crippen molar-refractivity contribution in [3.8, 4) is 6.07 Å². The molecule has 1 aromatic rings. The van der Waals surface area contributed by atoms with Crippen molar-refractivity contribution in [3.63, 3.8) is 0 Å². The SMILES string of the molecule is CCC(C#N)NS(=O)(=O)c1cc(Br)c(C)cc1Br. The van der Waals surface area contributed by atoms with Crippen LogP contribution >= 0.6 is 31.9 Å². The molecule has 0 aliphatic heterocycles. The molecule has 1 N–H and O–H groups in total. The van der Waals surface area contributed by atoms with Crippen molar-refractivity contribution >= 4 is 41.9 Å². The lowest BCUT2D eigenvalue weighted by Crippen LogP contribution is -2.33. The molecule has 1 rings (SSSR count). The lowest BCUT2D eigenvalue weighted by Gasteiger charge is -2.12. The first-order chi connectivity index (χ1) is 8.31. The smallest absolute Gasteiger partial charge is 0.207 e. The highest BCUT2D eigenvalue weighted by molar-refractivity contribution is 9.11. The first-order valence-electron chi connectivity index (χ1n) is 5.19. The van der Waals surface area contributed by atoms with E-state index in [1.165, 1.54) is 6.07 Å². The van der Waals surface area contributed by atoms with Gasteiger partial charge in [-0.15, -0.1) is 0 Å². The Kier molecular flexibility index (Phi) is 5.34. The third-order valence-electron chi connectivity index (χ3n) is 2.36. The van der Waals surface area contributed by atoms with Crippen molar-refractivity contribution in [1.29, 1.82) is 5.26 Å². The van der Waals surface area contributed by atoms with E-state index in [2.05, 4.69) is 36.6 Å². The normalized spacial score (nSPS) is 13.1. The van der Waals surface area contributed by atoms with E-state index < -0.39 is 16.1 Å². The highest BCUT2D eigenvalue weighted by Crippen LogP contribution is 2.28. The van der Waals surface area contributed by atoms with Gasteiger partial charge in [-0.05, 0) is 47.0 Å². The summed E-state index contributed by atoms with van der Waals surface area (Å²) >= 11 is 6.52. The van der Waals surface area contributed by atoms with Crippen molar-refractivity contribution in [1.82, 2.24) is 4.72 Å². The van der Waals surface area contributed by atoms with Crippen LogP contribution in [0.15, 0.2) is 26.0 Å². The molecule has 0 radical (unpaired) electrons. The number of rotatable bonds is 4. The fourth-order valence-corrected chi connectivity index (χ4v) is 4.19. The van der Waals surface area contributed by atoms with E-state index in [9.17, 15) is 8.42 Å². The number of aryl methyl sites for hydroxylation is 1. The molecule has 0 aliphatic rings. The van der Waals surface area contributed by atoms with E-state index in [1.54, 1.807) is 13.0 Å². The van der Waals surface area contributed by atoms with E-state index in [-0.39, 0.29) is 4.90 Å². The molecular weight excluding hydrogens is 384 g/mol. The van der Waals surface area contributed by atoms with Crippen LogP contribution in [0, 0.1) is 18.3 Å². The van der Waals surface area contributed by atoms with Crippen LogP contribution < -0.4 is 4.72 Å². The molecule has 98 valence electrons. The van der Waals surface area contributed by atoms with Gasteiger partial charge in [-0.1, -0.05) is 22.9 Å². The van der Waals surface area contributed by atoms with Gasteiger partial charge in [0, 0.05) is 8.95 Å². The predicted octanol–water partition coefficient (Wildman–Crippen LogP) is 3.10. The van der Waals surface area contributed by atoms with Crippen LogP contribution in [-0.4, -0.2) is 14.5 Å². The summed E-state index contributed by atoms with van der Waals surface area (Å²) in [5, 5.41) is 8.81. The summed E-state index contributed by atoms with van der Waals surface area (Å²) in [4.78, 5) is 0.119. The molecule has 0 saturated heterocycles. The van der Waals surface area contributed by atoms with Crippen molar-refractivity contribution in [3.05, 3.63) is 26.6 Å². The monoisotopic (exact) mass is 394 g/mol. The van der Waals surface area contributed by atoms with E-state index >= 15 is 0 Å². The zero-order chi connectivity index (χ0) is 13.9. The molecule has 0 heterocycles. The van der Waals surface area contributed by atoms with Gasteiger partial charge in [0.1, 0.15) is 6.04 Å². The molecule has 0 bridgehead atoms. The molecule has 0 fully saturated rings. The first-order valence-corrected chi connectivity index (χ1v) is 8.26. The summed E-state index contributed by atoms with van der Waals surface area (Å²) in [6, 6.07) is 4.42. The zero-order valence-electron chi connectivity index (χ0n) is 9.87. The summed E-state index contributed by atoms with van der Waals surface area (Å²) in [6.07, 6.45) is 0.417. The van der Waals surface area contributed by atoms with Crippen molar-refractivity contribution in [2.24, 2.45) is 0 Å². The van der Waals surface area contributed by atoms with Crippen LogP contribution in [-0.2, 0) is 10.0 Å². The number of hydrogen-bond donors (Lipinski definition) is 1. The highest BCUT2D eigenvalue weighted by atomic mass is 79.9. The van der Waals surface area contributed by atoms with Gasteiger partial charge >= 0.3 is 0 Å². The third-order valence-corrected chi connectivity index (χ3v) is 5.65. The molecule has 7 heteroatoms. The van der Waals surface area contributed by atoms with Gasteiger partial charge in [0.15, 0.2) is 0 Å². The minimum atomic E-state index is -3.70. The van der Waals surface area contributed by atoms with E-state index in [0.717, 1.165) is 5.56 Å². The van der Waals surface area contributed by atoms with Crippen LogP contribution in [0.4, 0.5) is 0 Å². The van der Waals surface area contributed by atoms with Gasteiger partial charge in [0.25, 0.3) is 0 Å². The van der Waals surface area contributed by atoms with E-state index in [4.69, 9.17) is 5.26 Å². The van der Waals surface area contributed by atoms with Crippen LogP contribution in [0.5, 0.6) is 0 Å². The second-order valence-electron chi connectivity index (χ2n) is 3.74. The Morgan fingerprint density at radius 2 is 2.00 bits per heavy atom. The van der Waals surface area contributed by atoms with Crippen molar-refractivity contribution in [2.75, 3.05) is 0 Å². The molecule has 1 unspecified atom stereocenters. The second kappa shape index (κ2) is 6.15. The van der Waals surface area contributed by atoms with Gasteiger partial charge in [-0.25, -0.2) is 8.42 Å². The fraction of sp³-hybridized carbons (Fsp3) is 0.364. The van der Waals surface area contributed by atoms with E-state index in [1.807, 2.05) is 13.0 Å². The molecule has 0 amide bonds. The Morgan fingerprint density at radius 1 is 1.39 bits per heavy atom. The average Bonchev–Trinajstić information content (AvgIpc) is 2.30. The number of benzene rings is 1. The van der Waals surface area contributed by atoms with Crippen molar-refractivity contribution < 1.29 is 8.42 Å². The Morgan fingerprint density at radius 3 is 2.50 bits per heavy atom. The fourth-order valence-electron chi connectivity index (χ4n) is 1.29. The van der Waals surface area contributed by atoms with Gasteiger partial charge in [-0.2, -0.15) is 9.98 Å². The Hall–Kier alpha value is -0.420. The summed E-state index contributed by atoms with van der Waals surface area (Å²) in [7, 11) is -3.70. The average molecular weight is 396 g/mol. The molecule has 0 saturated carbocycles. The molecular formula is C11H12Br2N2O2S. The van der Waals surface area contributed by atoms with Crippen LogP contribution in [0.2, 0.25) is 0 Å². The van der Waals surface area contributed by atoms with Crippen LogP contribution in [0.25, 0.3) is 0 Å². The summed E-state index contributed by atoms with van der Waals surface area (Å²) < 4.78 is 27.8.